The van der Waals surface area contributed by atoms with Crippen LogP contribution in [0.15, 0.2) is 18.2 Å². The van der Waals surface area contributed by atoms with Crippen molar-refractivity contribution in [2.45, 2.75) is 11.4 Å². The quantitative estimate of drug-likeness (QED) is 0.833. The fraction of sp³-hybridized carbons (Fsp3) is 0.300. The number of rotatable bonds is 2. The number of carboxylic acids is 1. The Morgan fingerprint density at radius 1 is 1.50 bits per heavy atom. The molecule has 1 fully saturated rings. The van der Waals surface area contributed by atoms with Gasteiger partial charge in [-0.1, -0.05) is 12.1 Å². The maximum absolute atomic E-state index is 13.4. The van der Waals surface area contributed by atoms with Crippen LogP contribution in [0.4, 0.5) is 8.78 Å². The smallest absolute Gasteiger partial charge is 0.321 e. The highest BCUT2D eigenvalue weighted by molar-refractivity contribution is 7.99. The summed E-state index contributed by atoms with van der Waals surface area (Å²) in [5, 5.41) is 11.0. The van der Waals surface area contributed by atoms with Crippen LogP contribution < -0.4 is 5.32 Å². The summed E-state index contributed by atoms with van der Waals surface area (Å²) in [5.74, 6) is -2.47. The van der Waals surface area contributed by atoms with Gasteiger partial charge in [0.1, 0.15) is 6.04 Å². The van der Waals surface area contributed by atoms with Crippen LogP contribution in [0.2, 0.25) is 0 Å². The first kappa shape index (κ1) is 11.3. The monoisotopic (exact) mass is 245 g/mol. The predicted octanol–water partition coefficient (Wildman–Crippen LogP) is 1.75. The highest BCUT2D eigenvalue weighted by atomic mass is 32.2. The third kappa shape index (κ3) is 2.03. The van der Waals surface area contributed by atoms with Crippen molar-refractivity contribution >= 4 is 17.7 Å². The summed E-state index contributed by atoms with van der Waals surface area (Å²) in [4.78, 5) is 10.7. The van der Waals surface area contributed by atoms with E-state index < -0.39 is 29.0 Å². The van der Waals surface area contributed by atoms with Crippen molar-refractivity contribution in [3.8, 4) is 0 Å². The summed E-state index contributed by atoms with van der Waals surface area (Å²) >= 11 is 1.26. The lowest BCUT2D eigenvalue weighted by atomic mass is 10.2. The maximum atomic E-state index is 13.4. The summed E-state index contributed by atoms with van der Waals surface area (Å²) in [7, 11) is 0. The zero-order valence-electron chi connectivity index (χ0n) is 8.11. The molecule has 2 atom stereocenters. The van der Waals surface area contributed by atoms with Gasteiger partial charge in [-0.25, -0.2) is 8.78 Å². The average molecular weight is 245 g/mol. The van der Waals surface area contributed by atoms with Crippen molar-refractivity contribution < 1.29 is 18.7 Å². The first-order valence-corrected chi connectivity index (χ1v) is 5.69. The Hall–Kier alpha value is -1.14. The second-order valence-electron chi connectivity index (χ2n) is 3.41. The molecule has 0 amide bonds. The van der Waals surface area contributed by atoms with Crippen molar-refractivity contribution in [2.24, 2.45) is 0 Å². The second-order valence-corrected chi connectivity index (χ2v) is 4.55. The summed E-state index contributed by atoms with van der Waals surface area (Å²) in [6.45, 7) is 0. The van der Waals surface area contributed by atoms with E-state index in [0.717, 1.165) is 6.07 Å². The van der Waals surface area contributed by atoms with E-state index in [0.29, 0.717) is 5.75 Å². The molecule has 1 aliphatic heterocycles. The van der Waals surface area contributed by atoms with E-state index >= 15 is 0 Å². The molecule has 0 bridgehead atoms. The molecule has 2 N–H and O–H groups in total. The summed E-state index contributed by atoms with van der Waals surface area (Å²) in [6.07, 6.45) is 0. The third-order valence-electron chi connectivity index (χ3n) is 2.34. The predicted molar refractivity (Wildman–Crippen MR) is 56.1 cm³/mol. The molecule has 2 rings (SSSR count). The van der Waals surface area contributed by atoms with Crippen molar-refractivity contribution in [1.29, 1.82) is 0 Å². The fourth-order valence-corrected chi connectivity index (χ4v) is 2.76. The van der Waals surface area contributed by atoms with Gasteiger partial charge in [-0.15, -0.1) is 11.8 Å². The van der Waals surface area contributed by atoms with Gasteiger partial charge in [-0.2, -0.15) is 0 Å². The minimum absolute atomic E-state index is 0.161. The highest BCUT2D eigenvalue weighted by Gasteiger charge is 2.32. The van der Waals surface area contributed by atoms with E-state index in [-0.39, 0.29) is 5.56 Å². The molecule has 0 spiro atoms. The Balaban J connectivity index is 2.21. The minimum atomic E-state index is -0.980. The van der Waals surface area contributed by atoms with E-state index in [2.05, 4.69) is 5.32 Å². The number of hydrogen-bond acceptors (Lipinski definition) is 3. The van der Waals surface area contributed by atoms with Crippen LogP contribution in [0, 0.1) is 11.6 Å². The third-order valence-corrected chi connectivity index (χ3v) is 3.59. The lowest BCUT2D eigenvalue weighted by Gasteiger charge is -2.12. The van der Waals surface area contributed by atoms with E-state index in [4.69, 9.17) is 5.11 Å². The molecule has 1 aromatic carbocycles. The fourth-order valence-electron chi connectivity index (χ4n) is 1.52. The average Bonchev–Trinajstić information content (AvgIpc) is 2.71. The molecular formula is C10H9F2NO2S. The zero-order chi connectivity index (χ0) is 11.7. The van der Waals surface area contributed by atoms with Gasteiger partial charge in [-0.05, 0) is 6.07 Å². The van der Waals surface area contributed by atoms with Crippen molar-refractivity contribution in [1.82, 2.24) is 5.32 Å². The molecule has 3 nitrogen and oxygen atoms in total. The first-order valence-electron chi connectivity index (χ1n) is 4.64. The molecule has 16 heavy (non-hydrogen) atoms. The molecule has 1 heterocycles. The van der Waals surface area contributed by atoms with Crippen LogP contribution in [-0.2, 0) is 4.79 Å². The van der Waals surface area contributed by atoms with Gasteiger partial charge in [0.15, 0.2) is 11.6 Å². The molecular weight excluding hydrogens is 236 g/mol. The van der Waals surface area contributed by atoms with Crippen LogP contribution in [0.1, 0.15) is 10.9 Å². The Morgan fingerprint density at radius 3 is 2.88 bits per heavy atom. The van der Waals surface area contributed by atoms with Gasteiger partial charge < -0.3 is 5.11 Å². The van der Waals surface area contributed by atoms with Crippen molar-refractivity contribution in [2.75, 3.05) is 5.75 Å². The number of aliphatic carboxylic acids is 1. The standard InChI is InChI=1S/C10H9F2NO2S/c11-6-3-1-2-5(8(6)12)9-13-7(4-16-9)10(14)15/h1-3,7,9,13H,4H2,(H,14,15)/t7-,9?/m0/s1. The van der Waals surface area contributed by atoms with Crippen LogP contribution >= 0.6 is 11.8 Å². The van der Waals surface area contributed by atoms with E-state index in [1.807, 2.05) is 0 Å². The number of carboxylic acid groups (broad SMARTS) is 1. The summed E-state index contributed by atoms with van der Waals surface area (Å²) in [6, 6.07) is 3.18. The van der Waals surface area contributed by atoms with Crippen LogP contribution in [0.25, 0.3) is 0 Å². The first-order chi connectivity index (χ1) is 7.59. The van der Waals surface area contributed by atoms with Gasteiger partial charge in [0.25, 0.3) is 0 Å². The maximum Gasteiger partial charge on any atom is 0.321 e. The molecule has 0 aliphatic carbocycles. The zero-order valence-corrected chi connectivity index (χ0v) is 8.93. The number of benzene rings is 1. The van der Waals surface area contributed by atoms with E-state index in [1.165, 1.54) is 23.9 Å². The summed E-state index contributed by atoms with van der Waals surface area (Å²) < 4.78 is 26.4. The molecule has 0 aromatic heterocycles. The largest absolute Gasteiger partial charge is 0.480 e. The molecule has 1 aromatic rings. The van der Waals surface area contributed by atoms with Gasteiger partial charge in [0, 0.05) is 11.3 Å². The lowest BCUT2D eigenvalue weighted by Crippen LogP contribution is -2.33. The van der Waals surface area contributed by atoms with Gasteiger partial charge >= 0.3 is 5.97 Å². The Bertz CT molecular complexity index is 427. The normalized spacial score (nSPS) is 24.6. The number of halogens is 2. The second kappa shape index (κ2) is 4.39. The Kier molecular flexibility index (Phi) is 3.11. The van der Waals surface area contributed by atoms with Gasteiger partial charge in [0.2, 0.25) is 0 Å². The van der Waals surface area contributed by atoms with Crippen molar-refractivity contribution in [3.05, 3.63) is 35.4 Å². The molecule has 0 saturated carbocycles. The number of carbonyl (C=O) groups is 1. The van der Waals surface area contributed by atoms with Gasteiger partial charge in [-0.3, -0.25) is 10.1 Å². The van der Waals surface area contributed by atoms with E-state index in [9.17, 15) is 13.6 Å². The summed E-state index contributed by atoms with van der Waals surface area (Å²) in [5.41, 5.74) is 0.161. The molecule has 1 aliphatic rings. The van der Waals surface area contributed by atoms with Crippen molar-refractivity contribution in [3.63, 3.8) is 0 Å². The number of hydrogen-bond donors (Lipinski definition) is 2. The molecule has 1 saturated heterocycles. The molecule has 1 unspecified atom stereocenters. The van der Waals surface area contributed by atoms with E-state index in [1.54, 1.807) is 0 Å². The lowest BCUT2D eigenvalue weighted by molar-refractivity contribution is -0.138. The number of thioether (sulfide) groups is 1. The van der Waals surface area contributed by atoms with Crippen LogP contribution in [-0.4, -0.2) is 22.9 Å². The SMILES string of the molecule is O=C(O)[C@@H]1CSC(c2cccc(F)c2F)N1. The Labute approximate surface area is 94.8 Å². The topological polar surface area (TPSA) is 49.3 Å². The van der Waals surface area contributed by atoms with Crippen LogP contribution in [0.3, 0.4) is 0 Å². The number of nitrogens with one attached hydrogen (secondary N) is 1. The molecule has 6 heteroatoms. The molecule has 0 radical (unpaired) electrons. The Morgan fingerprint density at radius 2 is 2.25 bits per heavy atom. The van der Waals surface area contributed by atoms with Crippen LogP contribution in [0.5, 0.6) is 0 Å². The highest BCUT2D eigenvalue weighted by Crippen LogP contribution is 2.34. The molecule has 86 valence electrons. The van der Waals surface area contributed by atoms with Gasteiger partial charge in [0.05, 0.1) is 5.37 Å². The minimum Gasteiger partial charge on any atom is -0.480 e.